The van der Waals surface area contributed by atoms with Gasteiger partial charge in [-0.15, -0.1) is 0 Å². The van der Waals surface area contributed by atoms with E-state index >= 15 is 0 Å². The molecule has 1 atom stereocenters. The van der Waals surface area contributed by atoms with Crippen LogP contribution in [0.5, 0.6) is 0 Å². The molecule has 0 bridgehead atoms. The van der Waals surface area contributed by atoms with Gasteiger partial charge in [-0.25, -0.2) is 9.97 Å². The number of pyridine rings is 1. The molecule has 0 saturated heterocycles. The summed E-state index contributed by atoms with van der Waals surface area (Å²) >= 11 is 0. The van der Waals surface area contributed by atoms with E-state index in [0.717, 1.165) is 6.07 Å². The molecule has 0 spiro atoms. The third kappa shape index (κ3) is 4.19. The van der Waals surface area contributed by atoms with Crippen LogP contribution in [-0.4, -0.2) is 28.0 Å². The fourth-order valence-electron chi connectivity index (χ4n) is 2.13. The van der Waals surface area contributed by atoms with E-state index in [2.05, 4.69) is 21.0 Å². The van der Waals surface area contributed by atoms with Crippen molar-refractivity contribution in [2.45, 2.75) is 20.0 Å². The van der Waals surface area contributed by atoms with Crippen molar-refractivity contribution in [3.05, 3.63) is 36.3 Å². The fraction of sp³-hybridized carbons (Fsp3) is 0.375. The number of alkyl halides is 3. The van der Waals surface area contributed by atoms with Crippen molar-refractivity contribution in [1.29, 1.82) is 5.26 Å². The molecule has 0 amide bonds. The quantitative estimate of drug-likeness (QED) is 0.836. The summed E-state index contributed by atoms with van der Waals surface area (Å²) < 4.78 is 39.6. The smallest absolute Gasteiger partial charge is 0.355 e. The zero-order valence-corrected chi connectivity index (χ0v) is 13.2. The molecular formula is C16H16F3N5. The van der Waals surface area contributed by atoms with Gasteiger partial charge in [0.15, 0.2) is 11.5 Å². The second-order valence-corrected chi connectivity index (χ2v) is 5.24. The van der Waals surface area contributed by atoms with Gasteiger partial charge in [-0.2, -0.15) is 18.4 Å². The second kappa shape index (κ2) is 7.25. The predicted molar refractivity (Wildman–Crippen MR) is 82.9 cm³/mol. The number of rotatable bonds is 5. The second-order valence-electron chi connectivity index (χ2n) is 5.24. The minimum Gasteiger partial charge on any atom is -0.355 e. The molecule has 0 aliphatic carbocycles. The number of nitrogens with zero attached hydrogens (tertiary/aromatic N) is 5. The molecule has 24 heavy (non-hydrogen) atoms. The summed E-state index contributed by atoms with van der Waals surface area (Å²) in [6, 6.07) is 6.09. The van der Waals surface area contributed by atoms with E-state index in [4.69, 9.17) is 5.26 Å². The van der Waals surface area contributed by atoms with Gasteiger partial charge in [0.2, 0.25) is 0 Å². The van der Waals surface area contributed by atoms with E-state index in [1.165, 1.54) is 12.4 Å². The van der Waals surface area contributed by atoms with E-state index < -0.39 is 11.9 Å². The Morgan fingerprint density at radius 1 is 1.25 bits per heavy atom. The van der Waals surface area contributed by atoms with Crippen molar-refractivity contribution >= 4 is 5.82 Å². The first-order valence-corrected chi connectivity index (χ1v) is 7.36. The van der Waals surface area contributed by atoms with Crippen molar-refractivity contribution < 1.29 is 13.2 Å². The predicted octanol–water partition coefficient (Wildman–Crippen LogP) is 3.54. The molecule has 2 heterocycles. The summed E-state index contributed by atoms with van der Waals surface area (Å²) in [6.07, 6.45) is -1.65. The minimum absolute atomic E-state index is 0.0229. The van der Waals surface area contributed by atoms with Crippen LogP contribution in [0.15, 0.2) is 30.6 Å². The van der Waals surface area contributed by atoms with Crippen LogP contribution < -0.4 is 4.90 Å². The fourth-order valence-corrected chi connectivity index (χ4v) is 2.13. The summed E-state index contributed by atoms with van der Waals surface area (Å²) in [6.45, 7) is 4.22. The lowest BCUT2D eigenvalue weighted by molar-refractivity contribution is -0.141. The number of aromatic nitrogens is 3. The summed E-state index contributed by atoms with van der Waals surface area (Å²) in [5.41, 5.74) is -0.566. The highest BCUT2D eigenvalue weighted by molar-refractivity contribution is 5.57. The van der Waals surface area contributed by atoms with Gasteiger partial charge in [-0.1, -0.05) is 0 Å². The maximum Gasteiger partial charge on any atom is 0.433 e. The van der Waals surface area contributed by atoms with Crippen LogP contribution in [0.3, 0.4) is 0 Å². The molecular weight excluding hydrogens is 319 g/mol. The third-order valence-electron chi connectivity index (χ3n) is 3.36. The van der Waals surface area contributed by atoms with Gasteiger partial charge in [-0.05, 0) is 26.0 Å². The van der Waals surface area contributed by atoms with Crippen LogP contribution in [0.25, 0.3) is 11.4 Å². The van der Waals surface area contributed by atoms with Gasteiger partial charge in [0.1, 0.15) is 5.82 Å². The Kier molecular flexibility index (Phi) is 5.34. The van der Waals surface area contributed by atoms with Gasteiger partial charge in [0.05, 0.1) is 12.0 Å². The zero-order valence-electron chi connectivity index (χ0n) is 13.2. The third-order valence-corrected chi connectivity index (χ3v) is 3.36. The highest BCUT2D eigenvalue weighted by Gasteiger charge is 2.34. The maximum atomic E-state index is 13.2. The molecule has 0 radical (unpaired) electrons. The number of halogens is 3. The Labute approximate surface area is 137 Å². The zero-order chi connectivity index (χ0) is 17.7. The molecule has 0 N–H and O–H groups in total. The average Bonchev–Trinajstić information content (AvgIpc) is 2.59. The lowest BCUT2D eigenvalue weighted by atomic mass is 10.2. The molecule has 1 unspecified atom stereocenters. The Morgan fingerprint density at radius 2 is 1.92 bits per heavy atom. The standard InChI is InChI=1S/C16H16F3N5/c1-3-24(10-11(2)9-20)14-8-13(16(17,18)19)22-15(23-14)12-4-6-21-7-5-12/h4-8,11H,3,10H2,1-2H3. The number of anilines is 1. The summed E-state index contributed by atoms with van der Waals surface area (Å²) in [5.74, 6) is -0.211. The Hall–Kier alpha value is -2.69. The molecule has 2 aromatic rings. The Bertz CT molecular complexity index is 725. The van der Waals surface area contributed by atoms with Crippen LogP contribution in [0.2, 0.25) is 0 Å². The van der Waals surface area contributed by atoms with Gasteiger partial charge in [-0.3, -0.25) is 4.98 Å². The molecule has 126 valence electrons. The molecule has 2 aromatic heterocycles. The molecule has 0 aromatic carbocycles. The molecule has 0 aliphatic heterocycles. The van der Waals surface area contributed by atoms with Crippen LogP contribution >= 0.6 is 0 Å². The average molecular weight is 335 g/mol. The van der Waals surface area contributed by atoms with Gasteiger partial charge >= 0.3 is 6.18 Å². The summed E-state index contributed by atoms with van der Waals surface area (Å²) in [4.78, 5) is 13.4. The molecule has 8 heteroatoms. The van der Waals surface area contributed by atoms with Crippen LogP contribution in [0.1, 0.15) is 19.5 Å². The van der Waals surface area contributed by atoms with Crippen LogP contribution in [0.4, 0.5) is 19.0 Å². The van der Waals surface area contributed by atoms with Gasteiger partial charge < -0.3 is 4.90 Å². The molecule has 0 saturated carbocycles. The van der Waals surface area contributed by atoms with Crippen LogP contribution in [-0.2, 0) is 6.18 Å². The first kappa shape index (κ1) is 17.7. The lowest BCUT2D eigenvalue weighted by Crippen LogP contribution is -2.29. The number of nitriles is 1. The van der Waals surface area contributed by atoms with Crippen molar-refractivity contribution in [2.75, 3.05) is 18.0 Å². The van der Waals surface area contributed by atoms with E-state index in [0.29, 0.717) is 12.1 Å². The Morgan fingerprint density at radius 3 is 2.46 bits per heavy atom. The topological polar surface area (TPSA) is 65.7 Å². The minimum atomic E-state index is -4.58. The SMILES string of the molecule is CCN(CC(C)C#N)c1cc(C(F)(F)F)nc(-c2ccncc2)n1. The Balaban J connectivity index is 2.53. The van der Waals surface area contributed by atoms with Crippen molar-refractivity contribution in [2.24, 2.45) is 5.92 Å². The van der Waals surface area contributed by atoms with E-state index in [9.17, 15) is 13.2 Å². The first-order chi connectivity index (χ1) is 11.3. The molecule has 2 rings (SSSR count). The summed E-state index contributed by atoms with van der Waals surface area (Å²) in [7, 11) is 0. The molecule has 5 nitrogen and oxygen atoms in total. The molecule has 0 aliphatic rings. The van der Waals surface area contributed by atoms with Crippen LogP contribution in [0, 0.1) is 17.2 Å². The monoisotopic (exact) mass is 335 g/mol. The lowest BCUT2D eigenvalue weighted by Gasteiger charge is -2.24. The van der Waals surface area contributed by atoms with E-state index in [-0.39, 0.29) is 24.1 Å². The highest BCUT2D eigenvalue weighted by Crippen LogP contribution is 2.31. The molecule has 0 fully saturated rings. The normalized spacial score (nSPS) is 12.5. The highest BCUT2D eigenvalue weighted by atomic mass is 19.4. The maximum absolute atomic E-state index is 13.2. The van der Waals surface area contributed by atoms with E-state index in [1.54, 1.807) is 30.9 Å². The van der Waals surface area contributed by atoms with E-state index in [1.807, 2.05) is 0 Å². The number of hydrogen-bond donors (Lipinski definition) is 0. The first-order valence-electron chi connectivity index (χ1n) is 7.36. The van der Waals surface area contributed by atoms with Crippen molar-refractivity contribution in [1.82, 2.24) is 15.0 Å². The van der Waals surface area contributed by atoms with Gasteiger partial charge in [0.25, 0.3) is 0 Å². The summed E-state index contributed by atoms with van der Waals surface area (Å²) in [5, 5.41) is 8.95. The number of hydrogen-bond acceptors (Lipinski definition) is 5. The largest absolute Gasteiger partial charge is 0.433 e. The van der Waals surface area contributed by atoms with Crippen molar-refractivity contribution in [3.63, 3.8) is 0 Å². The van der Waals surface area contributed by atoms with Crippen molar-refractivity contribution in [3.8, 4) is 17.5 Å². The van der Waals surface area contributed by atoms with Gasteiger partial charge in [0, 0.05) is 37.1 Å².